The summed E-state index contributed by atoms with van der Waals surface area (Å²) in [6, 6.07) is 43.3. The molecule has 2 aliphatic carbocycles. The maximum atomic E-state index is 13.6. The molecule has 0 N–H and O–H groups in total. The topological polar surface area (TPSA) is 0 Å². The third-order valence-electron chi connectivity index (χ3n) is 16.8. The summed E-state index contributed by atoms with van der Waals surface area (Å²) in [4.78, 5) is 0. The van der Waals surface area contributed by atoms with Gasteiger partial charge in [0.1, 0.15) is 32.3 Å². The minimum atomic E-state index is -4.42. The van der Waals surface area contributed by atoms with Gasteiger partial charge in [-0.05, 0) is 71.2 Å². The Kier molecular flexibility index (Phi) is 14.9. The Morgan fingerprint density at radius 3 is 0.775 bits per heavy atom. The molecule has 0 aliphatic heterocycles. The molecule has 0 saturated heterocycles. The molecule has 8 aromatic rings. The number of hydrogen-bond acceptors (Lipinski definition) is 0. The SMILES string of the molecule is C[Si](C)(c1cccc(C(F)(F)F)c1)c1cccc2c1Cc1c-2cccc1[Si](C)(C)c1cccc(C(F)(F)F)c1.Cc1cc2c(c([Si](C)(C)c3cccc(C(F)(F)F)c3)c1)Cc1c-2cc(C)cc1[Si](C)(C)c1cccc(C(F)(F)F)c1. The second-order valence-electron chi connectivity index (χ2n) is 23.5. The number of rotatable bonds is 8. The van der Waals surface area contributed by atoms with Gasteiger partial charge in [0.2, 0.25) is 0 Å². The summed E-state index contributed by atoms with van der Waals surface area (Å²) in [7, 11) is -10.2. The molecule has 80 heavy (non-hydrogen) atoms. The van der Waals surface area contributed by atoms with E-state index < -0.39 is 79.3 Å². The van der Waals surface area contributed by atoms with Crippen LogP contribution in [0.2, 0.25) is 52.4 Å². The molecule has 10 rings (SSSR count). The van der Waals surface area contributed by atoms with E-state index in [1.807, 2.05) is 50.2 Å². The van der Waals surface area contributed by atoms with Crippen molar-refractivity contribution in [1.82, 2.24) is 0 Å². The van der Waals surface area contributed by atoms with Crippen LogP contribution < -0.4 is 41.5 Å². The van der Waals surface area contributed by atoms with Crippen LogP contribution in [0.4, 0.5) is 52.7 Å². The van der Waals surface area contributed by atoms with E-state index in [0.29, 0.717) is 33.6 Å². The smallest absolute Gasteiger partial charge is 0.166 e. The zero-order valence-corrected chi connectivity index (χ0v) is 50.0. The van der Waals surface area contributed by atoms with Gasteiger partial charge in [-0.2, -0.15) is 52.7 Å². The van der Waals surface area contributed by atoms with Crippen LogP contribution in [0, 0.1) is 13.8 Å². The first-order valence-corrected chi connectivity index (χ1v) is 38.3. The Labute approximate surface area is 463 Å². The van der Waals surface area contributed by atoms with Crippen LogP contribution in [-0.2, 0) is 37.5 Å². The van der Waals surface area contributed by atoms with Crippen molar-refractivity contribution in [3.8, 4) is 22.3 Å². The number of benzene rings is 8. The van der Waals surface area contributed by atoms with E-state index in [9.17, 15) is 52.7 Å². The zero-order valence-electron chi connectivity index (χ0n) is 46.0. The van der Waals surface area contributed by atoms with Crippen molar-refractivity contribution in [1.29, 1.82) is 0 Å². The van der Waals surface area contributed by atoms with Gasteiger partial charge in [0.25, 0.3) is 0 Å². The van der Waals surface area contributed by atoms with E-state index in [1.165, 1.54) is 48.5 Å². The van der Waals surface area contributed by atoms with E-state index in [-0.39, 0.29) is 0 Å². The fraction of sp³-hybridized carbons (Fsp3) is 0.250. The maximum Gasteiger partial charge on any atom is 0.416 e. The van der Waals surface area contributed by atoms with Crippen LogP contribution >= 0.6 is 0 Å². The fourth-order valence-electron chi connectivity index (χ4n) is 12.2. The van der Waals surface area contributed by atoms with Gasteiger partial charge in [0, 0.05) is 0 Å². The van der Waals surface area contributed by atoms with Gasteiger partial charge in [0.15, 0.2) is 0 Å². The third kappa shape index (κ3) is 10.9. The van der Waals surface area contributed by atoms with E-state index in [1.54, 1.807) is 24.3 Å². The average Bonchev–Trinajstić information content (AvgIpc) is 4.15. The first kappa shape index (κ1) is 58.4. The van der Waals surface area contributed by atoms with Gasteiger partial charge in [-0.25, -0.2) is 0 Å². The molecule has 0 nitrogen and oxygen atoms in total. The van der Waals surface area contributed by atoms with Gasteiger partial charge in [-0.3, -0.25) is 0 Å². The lowest BCUT2D eigenvalue weighted by atomic mass is 10.0. The number of hydrogen-bond donors (Lipinski definition) is 0. The van der Waals surface area contributed by atoms with Crippen molar-refractivity contribution in [3.05, 3.63) is 213 Å². The number of halogens is 12. The molecule has 416 valence electrons. The summed E-state index contributed by atoms with van der Waals surface area (Å²) >= 11 is 0. The minimum absolute atomic E-state index is 0.612. The Balaban J connectivity index is 0.000000194. The van der Waals surface area contributed by atoms with E-state index >= 15 is 0 Å². The van der Waals surface area contributed by atoms with Crippen molar-refractivity contribution < 1.29 is 52.7 Å². The number of fused-ring (bicyclic) bond motifs is 6. The predicted octanol–water partition coefficient (Wildman–Crippen LogP) is 14.5. The Morgan fingerprint density at radius 1 is 0.275 bits per heavy atom. The molecule has 8 aromatic carbocycles. The fourth-order valence-corrected chi connectivity index (χ4v) is 23.6. The molecule has 0 heterocycles. The molecule has 0 aromatic heterocycles. The van der Waals surface area contributed by atoms with Gasteiger partial charge < -0.3 is 0 Å². The molecular formula is C64H60F12Si4. The van der Waals surface area contributed by atoms with E-state index in [2.05, 4.69) is 76.6 Å². The molecule has 16 heteroatoms. The minimum Gasteiger partial charge on any atom is -0.166 e. The molecule has 0 spiro atoms. The zero-order chi connectivity index (χ0) is 58.5. The molecule has 0 atom stereocenters. The summed E-state index contributed by atoms with van der Waals surface area (Å²) in [5.74, 6) is 0. The quantitative estimate of drug-likeness (QED) is 0.105. The Hall–Kier alpha value is -6.21. The van der Waals surface area contributed by atoms with Crippen molar-refractivity contribution in [2.45, 2.75) is 104 Å². The monoisotopic (exact) mass is 1170 g/mol. The second kappa shape index (κ2) is 20.3. The average molecular weight is 1170 g/mol. The van der Waals surface area contributed by atoms with Crippen molar-refractivity contribution in [2.24, 2.45) is 0 Å². The molecule has 0 saturated carbocycles. The lowest BCUT2D eigenvalue weighted by molar-refractivity contribution is -0.138. The van der Waals surface area contributed by atoms with Crippen LogP contribution in [-0.4, -0.2) is 32.3 Å². The molecule has 0 fully saturated rings. The second-order valence-corrected chi connectivity index (χ2v) is 41.0. The largest absolute Gasteiger partial charge is 0.416 e. The Bertz CT molecular complexity index is 3470. The third-order valence-corrected chi connectivity index (χ3v) is 31.0. The molecular weight excluding hydrogens is 1110 g/mol. The molecule has 0 bridgehead atoms. The summed E-state index contributed by atoms with van der Waals surface area (Å²) < 4.78 is 163. The van der Waals surface area contributed by atoms with Gasteiger partial charge in [-0.15, -0.1) is 0 Å². The lowest BCUT2D eigenvalue weighted by Gasteiger charge is -2.28. The highest BCUT2D eigenvalue weighted by molar-refractivity contribution is 7.02. The predicted molar refractivity (Wildman–Crippen MR) is 312 cm³/mol. The first-order valence-electron chi connectivity index (χ1n) is 26.3. The van der Waals surface area contributed by atoms with Gasteiger partial charge >= 0.3 is 24.7 Å². The van der Waals surface area contributed by atoms with Crippen LogP contribution in [0.15, 0.2) is 158 Å². The maximum absolute atomic E-state index is 13.6. The van der Waals surface area contributed by atoms with E-state index in [0.717, 1.165) is 101 Å². The van der Waals surface area contributed by atoms with Crippen LogP contribution in [0.25, 0.3) is 22.3 Å². The normalized spacial score (nSPS) is 13.8. The van der Waals surface area contributed by atoms with Gasteiger partial charge in [0.05, 0.1) is 22.3 Å². The van der Waals surface area contributed by atoms with Gasteiger partial charge in [-0.1, -0.05) is 263 Å². The Morgan fingerprint density at radius 2 is 0.512 bits per heavy atom. The standard InChI is InChI=1S/C33H32F6Si2.C31H28F6Si2/c1-20-13-26-27-14-21(2)16-31(41(5,6)25-12-8-10-23(18-25)33(37,38)39)29(27)19-28(26)30(15-20)40(3,4)24-11-7-9-22(17-24)32(34,35)36;1-38(2,22-11-5-9-20(17-22)30(32,33)34)28-15-7-13-24-25-14-8-16-29(27(25)19-26(24)28)39(3,4)23-12-6-10-21(18-23)31(35,36)37/h7-18H,19H2,1-6H3;5-18H,19H2,1-4H3. The highest BCUT2D eigenvalue weighted by Crippen LogP contribution is 2.41. The summed E-state index contributed by atoms with van der Waals surface area (Å²) in [5.41, 5.74) is 8.27. The summed E-state index contributed by atoms with van der Waals surface area (Å²) in [5, 5.41) is 7.22. The van der Waals surface area contributed by atoms with Crippen molar-refractivity contribution in [2.75, 3.05) is 0 Å². The summed E-state index contributed by atoms with van der Waals surface area (Å²) in [6.45, 7) is 20.7. The van der Waals surface area contributed by atoms with Crippen LogP contribution in [0.5, 0.6) is 0 Å². The lowest BCUT2D eigenvalue weighted by Crippen LogP contribution is -2.55. The van der Waals surface area contributed by atoms with Crippen molar-refractivity contribution >= 4 is 73.8 Å². The van der Waals surface area contributed by atoms with Crippen LogP contribution in [0.3, 0.4) is 0 Å². The molecule has 0 amide bonds. The number of alkyl halides is 12. The summed E-state index contributed by atoms with van der Waals surface area (Å²) in [6.07, 6.45) is -16.4. The first-order chi connectivity index (χ1) is 37.0. The molecule has 2 aliphatic rings. The number of aryl methyl sites for hydroxylation is 2. The molecule has 0 radical (unpaired) electrons. The van der Waals surface area contributed by atoms with Crippen molar-refractivity contribution in [3.63, 3.8) is 0 Å². The highest BCUT2D eigenvalue weighted by atomic mass is 28.3. The van der Waals surface area contributed by atoms with E-state index in [4.69, 9.17) is 0 Å². The molecule has 0 unspecified atom stereocenters. The van der Waals surface area contributed by atoms with Crippen LogP contribution in [0.1, 0.15) is 55.6 Å². The highest BCUT2D eigenvalue weighted by Gasteiger charge is 2.42.